The van der Waals surface area contributed by atoms with Crippen LogP contribution in [0.3, 0.4) is 0 Å². The molecule has 3 heteroatoms. The first kappa shape index (κ1) is 9.52. The molecule has 0 aromatic carbocycles. The molecular weight excluding hydrogens is 154 g/mol. The minimum absolute atomic E-state index is 0.469. The number of hydrogen-bond acceptors (Lipinski definition) is 2. The van der Waals surface area contributed by atoms with E-state index < -0.39 is 11.5 Å². The van der Waals surface area contributed by atoms with Crippen LogP contribution >= 0.6 is 0 Å². The van der Waals surface area contributed by atoms with E-state index in [-0.39, 0.29) is 0 Å². The lowest BCUT2D eigenvalue weighted by molar-refractivity contribution is -0.141. The summed E-state index contributed by atoms with van der Waals surface area (Å²) >= 11 is 0. The molecule has 70 valence electrons. The van der Waals surface area contributed by atoms with Gasteiger partial charge in [0.25, 0.3) is 0 Å². The van der Waals surface area contributed by atoms with Gasteiger partial charge in [-0.05, 0) is 25.2 Å². The van der Waals surface area contributed by atoms with E-state index in [0.29, 0.717) is 18.8 Å². The molecule has 1 rings (SSSR count). The van der Waals surface area contributed by atoms with Crippen LogP contribution < -0.4 is 5.73 Å². The Morgan fingerprint density at radius 2 is 2.42 bits per heavy atom. The Kier molecular flexibility index (Phi) is 2.73. The summed E-state index contributed by atoms with van der Waals surface area (Å²) in [4.78, 5) is 10.9. The van der Waals surface area contributed by atoms with Gasteiger partial charge in [0.15, 0.2) is 0 Å². The van der Waals surface area contributed by atoms with Crippen molar-refractivity contribution >= 4 is 5.91 Å². The van der Waals surface area contributed by atoms with Gasteiger partial charge in [-0.1, -0.05) is 19.8 Å². The third kappa shape index (κ3) is 1.78. The van der Waals surface area contributed by atoms with Crippen molar-refractivity contribution in [2.75, 3.05) is 0 Å². The fraction of sp³-hybridized carbons (Fsp3) is 0.889. The molecule has 1 aliphatic carbocycles. The third-order valence-electron chi connectivity index (χ3n) is 2.87. The molecule has 0 heterocycles. The molecule has 0 bridgehead atoms. The van der Waals surface area contributed by atoms with Gasteiger partial charge in [0.2, 0.25) is 5.91 Å². The van der Waals surface area contributed by atoms with Crippen molar-refractivity contribution in [2.24, 2.45) is 11.7 Å². The minimum Gasteiger partial charge on any atom is -0.380 e. The first-order valence-electron chi connectivity index (χ1n) is 4.61. The Balaban J connectivity index is 2.61. The first-order chi connectivity index (χ1) is 5.58. The van der Waals surface area contributed by atoms with Crippen molar-refractivity contribution in [2.45, 2.75) is 44.6 Å². The van der Waals surface area contributed by atoms with Crippen molar-refractivity contribution in [3.8, 4) is 0 Å². The Hall–Kier alpha value is -0.570. The third-order valence-corrected chi connectivity index (χ3v) is 2.87. The molecular formula is C9H17NO2. The lowest BCUT2D eigenvalue weighted by Gasteiger charge is -2.33. The lowest BCUT2D eigenvalue weighted by atomic mass is 9.77. The average Bonchev–Trinajstić information content (AvgIpc) is 2.04. The summed E-state index contributed by atoms with van der Waals surface area (Å²) in [7, 11) is 0. The van der Waals surface area contributed by atoms with E-state index in [2.05, 4.69) is 6.92 Å². The topological polar surface area (TPSA) is 63.3 Å². The molecule has 3 nitrogen and oxygen atoms in total. The number of carbonyl (C=O) groups is 1. The van der Waals surface area contributed by atoms with Crippen LogP contribution in [-0.2, 0) is 4.79 Å². The molecule has 0 radical (unpaired) electrons. The molecule has 0 aliphatic heterocycles. The number of aliphatic hydroxyl groups is 1. The molecule has 3 N–H and O–H groups in total. The maximum Gasteiger partial charge on any atom is 0.249 e. The fourth-order valence-electron chi connectivity index (χ4n) is 1.94. The first-order valence-corrected chi connectivity index (χ1v) is 4.61. The lowest BCUT2D eigenvalue weighted by Crippen LogP contribution is -2.47. The number of primary amides is 1. The monoisotopic (exact) mass is 171 g/mol. The predicted octanol–water partition coefficient (Wildman–Crippen LogP) is 0.803. The summed E-state index contributed by atoms with van der Waals surface area (Å²) in [5, 5.41) is 9.78. The van der Waals surface area contributed by atoms with Gasteiger partial charge in [0, 0.05) is 0 Å². The normalized spacial score (nSPS) is 36.3. The fourth-order valence-corrected chi connectivity index (χ4v) is 1.94. The predicted molar refractivity (Wildman–Crippen MR) is 46.4 cm³/mol. The van der Waals surface area contributed by atoms with E-state index in [1.165, 1.54) is 0 Å². The zero-order valence-electron chi connectivity index (χ0n) is 7.55. The molecule has 0 saturated heterocycles. The van der Waals surface area contributed by atoms with Gasteiger partial charge in [-0.25, -0.2) is 0 Å². The van der Waals surface area contributed by atoms with Crippen LogP contribution in [0.4, 0.5) is 0 Å². The molecule has 1 fully saturated rings. The second kappa shape index (κ2) is 3.44. The Morgan fingerprint density at radius 3 is 2.92 bits per heavy atom. The highest BCUT2D eigenvalue weighted by atomic mass is 16.3. The number of amides is 1. The summed E-state index contributed by atoms with van der Waals surface area (Å²) in [5.41, 5.74) is 3.92. The number of rotatable bonds is 2. The van der Waals surface area contributed by atoms with Crippen LogP contribution in [0.5, 0.6) is 0 Å². The smallest absolute Gasteiger partial charge is 0.249 e. The van der Waals surface area contributed by atoms with Crippen LogP contribution in [0.15, 0.2) is 0 Å². The highest BCUT2D eigenvalue weighted by Crippen LogP contribution is 2.33. The van der Waals surface area contributed by atoms with Crippen molar-refractivity contribution in [3.63, 3.8) is 0 Å². The zero-order chi connectivity index (χ0) is 9.19. The molecule has 1 amide bonds. The molecule has 12 heavy (non-hydrogen) atoms. The number of nitrogens with two attached hydrogens (primary N) is 1. The summed E-state index contributed by atoms with van der Waals surface area (Å²) in [6, 6.07) is 0. The van der Waals surface area contributed by atoms with E-state index in [1.54, 1.807) is 0 Å². The number of carbonyl (C=O) groups excluding carboxylic acids is 1. The van der Waals surface area contributed by atoms with Gasteiger partial charge in [-0.15, -0.1) is 0 Å². The van der Waals surface area contributed by atoms with Crippen molar-refractivity contribution < 1.29 is 9.90 Å². The van der Waals surface area contributed by atoms with Crippen LogP contribution in [0.2, 0.25) is 0 Å². The van der Waals surface area contributed by atoms with Crippen LogP contribution in [0.25, 0.3) is 0 Å². The molecule has 0 aromatic rings. The van der Waals surface area contributed by atoms with Gasteiger partial charge < -0.3 is 10.8 Å². The van der Waals surface area contributed by atoms with Gasteiger partial charge in [-0.3, -0.25) is 4.79 Å². The Morgan fingerprint density at radius 1 is 1.75 bits per heavy atom. The van der Waals surface area contributed by atoms with Gasteiger partial charge >= 0.3 is 0 Å². The number of hydrogen-bond donors (Lipinski definition) is 2. The second-order valence-electron chi connectivity index (χ2n) is 3.77. The summed E-state index contributed by atoms with van der Waals surface area (Å²) in [5.74, 6) is -0.0862. The molecule has 2 atom stereocenters. The van der Waals surface area contributed by atoms with Gasteiger partial charge in [-0.2, -0.15) is 0 Å². The van der Waals surface area contributed by atoms with Crippen LogP contribution in [0, 0.1) is 5.92 Å². The molecule has 1 saturated carbocycles. The Bertz CT molecular complexity index is 181. The summed E-state index contributed by atoms with van der Waals surface area (Å²) in [6.45, 7) is 2.08. The quantitative estimate of drug-likeness (QED) is 0.645. The van der Waals surface area contributed by atoms with Crippen LogP contribution in [-0.4, -0.2) is 16.6 Å². The van der Waals surface area contributed by atoms with E-state index in [0.717, 1.165) is 19.3 Å². The highest BCUT2D eigenvalue weighted by Gasteiger charge is 2.38. The Labute approximate surface area is 72.9 Å². The van der Waals surface area contributed by atoms with Crippen LogP contribution in [0.1, 0.15) is 39.0 Å². The van der Waals surface area contributed by atoms with E-state index >= 15 is 0 Å². The van der Waals surface area contributed by atoms with E-state index in [4.69, 9.17) is 5.73 Å². The molecule has 0 aromatic heterocycles. The van der Waals surface area contributed by atoms with E-state index in [9.17, 15) is 9.90 Å². The maximum absolute atomic E-state index is 10.9. The molecule has 0 unspecified atom stereocenters. The average molecular weight is 171 g/mol. The molecule has 1 aliphatic rings. The minimum atomic E-state index is -1.21. The second-order valence-corrected chi connectivity index (χ2v) is 3.77. The van der Waals surface area contributed by atoms with Crippen molar-refractivity contribution in [1.82, 2.24) is 0 Å². The zero-order valence-corrected chi connectivity index (χ0v) is 7.55. The van der Waals surface area contributed by atoms with E-state index in [1.807, 2.05) is 0 Å². The highest BCUT2D eigenvalue weighted by molar-refractivity contribution is 5.83. The SMILES string of the molecule is CC[C@@H]1CCC[C@](O)(C(N)=O)C1. The maximum atomic E-state index is 10.9. The van der Waals surface area contributed by atoms with Gasteiger partial charge in [0.1, 0.15) is 5.60 Å². The molecule has 0 spiro atoms. The van der Waals surface area contributed by atoms with Crippen molar-refractivity contribution in [1.29, 1.82) is 0 Å². The summed E-state index contributed by atoms with van der Waals surface area (Å²) in [6.07, 6.45) is 4.15. The summed E-state index contributed by atoms with van der Waals surface area (Å²) < 4.78 is 0. The standard InChI is InChI=1S/C9H17NO2/c1-2-7-4-3-5-9(12,6-7)8(10)11/h7,12H,2-6H2,1H3,(H2,10,11)/t7-,9-/m1/s1. The largest absolute Gasteiger partial charge is 0.380 e. The van der Waals surface area contributed by atoms with Crippen molar-refractivity contribution in [3.05, 3.63) is 0 Å². The van der Waals surface area contributed by atoms with Gasteiger partial charge in [0.05, 0.1) is 0 Å².